The van der Waals surface area contributed by atoms with E-state index in [2.05, 4.69) is 27.1 Å². The zero-order valence-corrected chi connectivity index (χ0v) is 20.0. The number of para-hydroxylation sites is 2. The van der Waals surface area contributed by atoms with E-state index in [1.807, 2.05) is 54.3 Å². The van der Waals surface area contributed by atoms with Gasteiger partial charge in [0.2, 0.25) is 11.8 Å². The Morgan fingerprint density at radius 3 is 2.86 bits per heavy atom. The molecule has 2 aromatic carbocycles. The maximum atomic E-state index is 13.4. The van der Waals surface area contributed by atoms with Crippen molar-refractivity contribution >= 4 is 16.9 Å². The van der Waals surface area contributed by atoms with Crippen LogP contribution in [0.2, 0.25) is 0 Å². The van der Waals surface area contributed by atoms with Crippen molar-refractivity contribution in [3.05, 3.63) is 77.7 Å². The molecule has 3 heterocycles. The second kappa shape index (κ2) is 10.6. The largest absolute Gasteiger partial charge is 0.490 e. The molecule has 4 aromatic rings. The van der Waals surface area contributed by atoms with Gasteiger partial charge in [-0.15, -0.1) is 0 Å². The van der Waals surface area contributed by atoms with E-state index in [-0.39, 0.29) is 5.91 Å². The van der Waals surface area contributed by atoms with E-state index in [0.29, 0.717) is 49.9 Å². The van der Waals surface area contributed by atoms with Crippen LogP contribution in [0.15, 0.2) is 60.8 Å². The molecule has 35 heavy (non-hydrogen) atoms. The van der Waals surface area contributed by atoms with Crippen LogP contribution in [0.1, 0.15) is 42.6 Å². The number of aromatic nitrogens is 3. The molecule has 2 aromatic heterocycles. The van der Waals surface area contributed by atoms with E-state index in [1.165, 1.54) is 0 Å². The van der Waals surface area contributed by atoms with E-state index in [0.717, 1.165) is 47.2 Å². The third-order valence-electron chi connectivity index (χ3n) is 6.24. The standard InChI is InChI=1S/C28H30N4O3/c1-20-30-23-13-11-21(18-24(23)31-20)12-14-27(33)32-16-5-2-6-17-34-25-9-3-4-10-26(25)35-28-22(19-32)8-7-15-29-28/h3-4,7-11,13,15,18H,2,5-6,12,14,16-17,19H2,1H3,(H,30,31). The van der Waals surface area contributed by atoms with Crippen LogP contribution in [-0.2, 0) is 17.8 Å². The van der Waals surface area contributed by atoms with E-state index in [9.17, 15) is 4.79 Å². The van der Waals surface area contributed by atoms with Crippen molar-refractivity contribution in [2.75, 3.05) is 13.2 Å². The Labute approximate surface area is 205 Å². The number of ether oxygens (including phenoxy) is 2. The minimum atomic E-state index is 0.132. The number of pyridine rings is 1. The van der Waals surface area contributed by atoms with Gasteiger partial charge in [-0.1, -0.05) is 24.3 Å². The average Bonchev–Trinajstić information content (AvgIpc) is 3.25. The number of nitrogens with one attached hydrogen (secondary N) is 1. The zero-order valence-electron chi connectivity index (χ0n) is 20.0. The number of nitrogens with zero attached hydrogens (tertiary/aromatic N) is 3. The van der Waals surface area contributed by atoms with E-state index in [4.69, 9.17) is 9.47 Å². The minimum absolute atomic E-state index is 0.132. The van der Waals surface area contributed by atoms with Crippen molar-refractivity contribution in [1.29, 1.82) is 0 Å². The first-order valence-corrected chi connectivity index (χ1v) is 12.2. The number of carbonyl (C=O) groups excluding carboxylic acids is 1. The normalized spacial score (nSPS) is 14.5. The third-order valence-corrected chi connectivity index (χ3v) is 6.24. The number of hydrogen-bond acceptors (Lipinski definition) is 5. The second-order valence-electron chi connectivity index (χ2n) is 8.91. The van der Waals surface area contributed by atoms with Gasteiger partial charge in [-0.3, -0.25) is 4.79 Å². The monoisotopic (exact) mass is 470 g/mol. The molecular formula is C28H30N4O3. The predicted molar refractivity (Wildman–Crippen MR) is 135 cm³/mol. The summed E-state index contributed by atoms with van der Waals surface area (Å²) >= 11 is 0. The fraction of sp³-hybridized carbons (Fsp3) is 0.321. The van der Waals surface area contributed by atoms with Gasteiger partial charge in [0.15, 0.2) is 11.5 Å². The summed E-state index contributed by atoms with van der Waals surface area (Å²) in [6, 6.07) is 17.7. The number of H-pyrrole nitrogens is 1. The van der Waals surface area contributed by atoms with Gasteiger partial charge in [0.1, 0.15) is 5.82 Å². The van der Waals surface area contributed by atoms with Gasteiger partial charge in [0, 0.05) is 24.7 Å². The Morgan fingerprint density at radius 2 is 1.94 bits per heavy atom. The topological polar surface area (TPSA) is 80.3 Å². The number of amides is 1. The fourth-order valence-electron chi connectivity index (χ4n) is 4.40. The Morgan fingerprint density at radius 1 is 1.06 bits per heavy atom. The highest BCUT2D eigenvalue weighted by atomic mass is 16.5. The van der Waals surface area contributed by atoms with Gasteiger partial charge < -0.3 is 19.4 Å². The van der Waals surface area contributed by atoms with Crippen LogP contribution in [0.5, 0.6) is 17.4 Å². The van der Waals surface area contributed by atoms with Crippen molar-refractivity contribution in [1.82, 2.24) is 19.9 Å². The van der Waals surface area contributed by atoms with E-state index >= 15 is 0 Å². The maximum Gasteiger partial charge on any atom is 0.224 e. The van der Waals surface area contributed by atoms with Gasteiger partial charge in [0.05, 0.1) is 24.2 Å². The van der Waals surface area contributed by atoms with Crippen LogP contribution in [-0.4, -0.2) is 38.9 Å². The fourth-order valence-corrected chi connectivity index (χ4v) is 4.40. The Bertz CT molecular complexity index is 1320. The first-order chi connectivity index (χ1) is 17.2. The van der Waals surface area contributed by atoms with Crippen LogP contribution in [0, 0.1) is 6.92 Å². The van der Waals surface area contributed by atoms with Crippen molar-refractivity contribution in [3.8, 4) is 17.4 Å². The molecule has 1 aliphatic heterocycles. The summed E-state index contributed by atoms with van der Waals surface area (Å²) in [4.78, 5) is 27.5. The number of hydrogen-bond donors (Lipinski definition) is 1. The average molecular weight is 471 g/mol. The number of imidazole rings is 1. The lowest BCUT2D eigenvalue weighted by atomic mass is 10.1. The molecule has 180 valence electrons. The number of aryl methyl sites for hydroxylation is 2. The lowest BCUT2D eigenvalue weighted by Crippen LogP contribution is -2.32. The number of fused-ring (bicyclic) bond motifs is 3. The molecule has 0 unspecified atom stereocenters. The molecule has 0 atom stereocenters. The summed E-state index contributed by atoms with van der Waals surface area (Å²) in [6.45, 7) is 3.71. The molecule has 1 aliphatic rings. The quantitative estimate of drug-likeness (QED) is 0.423. The highest BCUT2D eigenvalue weighted by Crippen LogP contribution is 2.32. The molecule has 0 bridgehead atoms. The minimum Gasteiger partial charge on any atom is -0.490 e. The van der Waals surface area contributed by atoms with Crippen LogP contribution < -0.4 is 9.47 Å². The molecule has 0 saturated heterocycles. The van der Waals surface area contributed by atoms with Gasteiger partial charge in [-0.05, 0) is 68.5 Å². The van der Waals surface area contributed by atoms with E-state index < -0.39 is 0 Å². The molecule has 0 saturated carbocycles. The van der Waals surface area contributed by atoms with Gasteiger partial charge in [0.25, 0.3) is 0 Å². The summed E-state index contributed by atoms with van der Waals surface area (Å²) in [5.41, 5.74) is 3.96. The summed E-state index contributed by atoms with van der Waals surface area (Å²) in [6.07, 6.45) is 5.67. The summed E-state index contributed by atoms with van der Waals surface area (Å²) in [7, 11) is 0. The van der Waals surface area contributed by atoms with E-state index in [1.54, 1.807) is 6.20 Å². The van der Waals surface area contributed by atoms with Crippen molar-refractivity contribution in [2.24, 2.45) is 0 Å². The van der Waals surface area contributed by atoms with Crippen LogP contribution in [0.25, 0.3) is 11.0 Å². The van der Waals surface area contributed by atoms with Crippen LogP contribution in [0.4, 0.5) is 0 Å². The number of aromatic amines is 1. The molecule has 7 heteroatoms. The summed E-state index contributed by atoms with van der Waals surface area (Å²) in [5, 5.41) is 0. The predicted octanol–water partition coefficient (Wildman–Crippen LogP) is 5.58. The molecule has 5 rings (SSSR count). The molecule has 1 amide bonds. The third kappa shape index (κ3) is 5.62. The highest BCUT2D eigenvalue weighted by Gasteiger charge is 2.19. The molecule has 1 N–H and O–H groups in total. The molecule has 0 aliphatic carbocycles. The van der Waals surface area contributed by atoms with Crippen LogP contribution >= 0.6 is 0 Å². The summed E-state index contributed by atoms with van der Waals surface area (Å²) < 4.78 is 12.1. The van der Waals surface area contributed by atoms with Gasteiger partial charge in [-0.25, -0.2) is 9.97 Å². The van der Waals surface area contributed by atoms with Gasteiger partial charge >= 0.3 is 0 Å². The first kappa shape index (κ1) is 22.9. The number of carbonyl (C=O) groups is 1. The van der Waals surface area contributed by atoms with Crippen molar-refractivity contribution < 1.29 is 14.3 Å². The summed E-state index contributed by atoms with van der Waals surface area (Å²) in [5.74, 6) is 2.87. The lowest BCUT2D eigenvalue weighted by Gasteiger charge is -2.24. The second-order valence-corrected chi connectivity index (χ2v) is 8.91. The van der Waals surface area contributed by atoms with Crippen molar-refractivity contribution in [3.63, 3.8) is 0 Å². The molecule has 0 fully saturated rings. The zero-order chi connectivity index (χ0) is 24.0. The molecule has 7 nitrogen and oxygen atoms in total. The highest BCUT2D eigenvalue weighted by molar-refractivity contribution is 5.78. The first-order valence-electron chi connectivity index (χ1n) is 12.2. The Balaban J connectivity index is 1.33. The number of rotatable bonds is 3. The molecule has 0 radical (unpaired) electrons. The Hall–Kier alpha value is -3.87. The van der Waals surface area contributed by atoms with Crippen molar-refractivity contribution in [2.45, 2.75) is 45.6 Å². The molecule has 0 spiro atoms. The van der Waals surface area contributed by atoms with Crippen LogP contribution in [0.3, 0.4) is 0 Å². The lowest BCUT2D eigenvalue weighted by molar-refractivity contribution is -0.131. The molecular weight excluding hydrogens is 440 g/mol. The smallest absolute Gasteiger partial charge is 0.224 e. The maximum absolute atomic E-state index is 13.4. The Kier molecular flexibility index (Phi) is 6.93. The van der Waals surface area contributed by atoms with Gasteiger partial charge in [-0.2, -0.15) is 0 Å². The number of benzene rings is 2. The SMILES string of the molecule is Cc1nc2ccc(CCC(=O)N3CCCCCOc4ccccc4Oc4ncccc4C3)cc2[nH]1.